The summed E-state index contributed by atoms with van der Waals surface area (Å²) in [6.45, 7) is 6.13. The zero-order valence-corrected chi connectivity index (χ0v) is 13.0. The highest BCUT2D eigenvalue weighted by atomic mass is 16.4. The maximum absolute atomic E-state index is 12.1. The number of hydrogen-bond acceptors (Lipinski definition) is 3. The fraction of sp³-hybridized carbons (Fsp3) is 0.750. The number of nitrogens with zero attached hydrogens (tertiary/aromatic N) is 1. The molecule has 0 aromatic heterocycles. The second kappa shape index (κ2) is 6.60. The lowest BCUT2D eigenvalue weighted by Gasteiger charge is -2.40. The molecule has 1 unspecified atom stereocenters. The standard InChI is InChI=1S/C16H26N2O3/c1-16(2,15(20)21)6-4-3-5-12-9-13-11-17-7-8-18(13)14(19)10-12/h5,13,17H,3-4,6-11H2,1-2H3,(H,20,21)/b12-5+. The summed E-state index contributed by atoms with van der Waals surface area (Å²) in [5.74, 6) is -0.503. The van der Waals surface area contributed by atoms with Crippen LogP contribution in [0.25, 0.3) is 0 Å². The molecule has 2 aliphatic heterocycles. The average molecular weight is 294 g/mol. The molecule has 0 saturated carbocycles. The average Bonchev–Trinajstić information content (AvgIpc) is 2.43. The molecule has 21 heavy (non-hydrogen) atoms. The van der Waals surface area contributed by atoms with Crippen LogP contribution in [0.2, 0.25) is 0 Å². The molecule has 2 aliphatic rings. The van der Waals surface area contributed by atoms with Gasteiger partial charge in [-0.15, -0.1) is 0 Å². The van der Waals surface area contributed by atoms with Gasteiger partial charge in [-0.1, -0.05) is 11.6 Å². The predicted octanol–water partition coefficient (Wildman–Crippen LogP) is 1.79. The number of piperazine rings is 1. The van der Waals surface area contributed by atoms with Gasteiger partial charge in [0.1, 0.15) is 0 Å². The Kier molecular flexibility index (Phi) is 5.04. The molecule has 0 aromatic carbocycles. The number of carboxylic acids is 1. The van der Waals surface area contributed by atoms with E-state index in [1.807, 2.05) is 4.90 Å². The van der Waals surface area contributed by atoms with Crippen LogP contribution < -0.4 is 5.32 Å². The van der Waals surface area contributed by atoms with Gasteiger partial charge in [0.2, 0.25) is 5.91 Å². The van der Waals surface area contributed by atoms with Gasteiger partial charge in [0.25, 0.3) is 0 Å². The van der Waals surface area contributed by atoms with Crippen LogP contribution in [-0.4, -0.2) is 47.6 Å². The Bertz CT molecular complexity index is 443. The van der Waals surface area contributed by atoms with E-state index in [0.29, 0.717) is 18.9 Å². The minimum atomic E-state index is -0.744. The van der Waals surface area contributed by atoms with Crippen LogP contribution in [-0.2, 0) is 9.59 Å². The summed E-state index contributed by atoms with van der Waals surface area (Å²) in [5.41, 5.74) is 0.559. The molecule has 2 fully saturated rings. The molecule has 1 amide bonds. The van der Waals surface area contributed by atoms with Crippen molar-refractivity contribution in [1.29, 1.82) is 0 Å². The Morgan fingerprint density at radius 2 is 2.29 bits per heavy atom. The van der Waals surface area contributed by atoms with E-state index in [9.17, 15) is 9.59 Å². The van der Waals surface area contributed by atoms with Crippen molar-refractivity contribution in [2.45, 2.75) is 52.0 Å². The van der Waals surface area contributed by atoms with Crippen LogP contribution in [0.3, 0.4) is 0 Å². The fourth-order valence-electron chi connectivity index (χ4n) is 3.05. The molecular formula is C16H26N2O3. The number of carboxylic acid groups (broad SMARTS) is 1. The highest BCUT2D eigenvalue weighted by Crippen LogP contribution is 2.27. The lowest BCUT2D eigenvalue weighted by molar-refractivity contribution is -0.147. The van der Waals surface area contributed by atoms with Crippen LogP contribution >= 0.6 is 0 Å². The second-order valence-corrected chi connectivity index (χ2v) is 6.77. The summed E-state index contributed by atoms with van der Waals surface area (Å²) in [6.07, 6.45) is 6.03. The van der Waals surface area contributed by atoms with Crippen molar-refractivity contribution in [2.24, 2.45) is 5.41 Å². The monoisotopic (exact) mass is 294 g/mol. The van der Waals surface area contributed by atoms with Crippen molar-refractivity contribution in [3.8, 4) is 0 Å². The smallest absolute Gasteiger partial charge is 0.309 e. The fourth-order valence-corrected chi connectivity index (χ4v) is 3.05. The first-order chi connectivity index (χ1) is 9.90. The molecule has 5 nitrogen and oxygen atoms in total. The molecule has 0 aromatic rings. The number of carbonyl (C=O) groups excluding carboxylic acids is 1. The van der Waals surface area contributed by atoms with Gasteiger partial charge in [0.15, 0.2) is 0 Å². The number of rotatable bonds is 5. The first-order valence-corrected chi connectivity index (χ1v) is 7.81. The Morgan fingerprint density at radius 3 is 3.00 bits per heavy atom. The van der Waals surface area contributed by atoms with Gasteiger partial charge < -0.3 is 15.3 Å². The summed E-state index contributed by atoms with van der Waals surface area (Å²) in [6, 6.07) is 0.307. The number of amides is 1. The number of allylic oxidation sites excluding steroid dienone is 1. The number of unbranched alkanes of at least 4 members (excludes halogenated alkanes) is 1. The van der Waals surface area contributed by atoms with E-state index < -0.39 is 11.4 Å². The SMILES string of the molecule is CC(C)(CCC/C=C1/CC(=O)N2CCNCC2C1)C(=O)O. The minimum Gasteiger partial charge on any atom is -0.481 e. The van der Waals surface area contributed by atoms with Crippen molar-refractivity contribution >= 4 is 11.9 Å². The summed E-state index contributed by atoms with van der Waals surface area (Å²) in [4.78, 5) is 25.1. The largest absolute Gasteiger partial charge is 0.481 e. The van der Waals surface area contributed by atoms with Crippen molar-refractivity contribution in [3.05, 3.63) is 11.6 Å². The molecule has 2 heterocycles. The third-order valence-corrected chi connectivity index (χ3v) is 4.56. The van der Waals surface area contributed by atoms with E-state index in [4.69, 9.17) is 5.11 Å². The van der Waals surface area contributed by atoms with Crippen LogP contribution in [0, 0.1) is 5.41 Å². The van der Waals surface area contributed by atoms with Gasteiger partial charge in [0.05, 0.1) is 5.41 Å². The molecule has 2 N–H and O–H groups in total. The first kappa shape index (κ1) is 16.0. The maximum atomic E-state index is 12.1. The highest BCUT2D eigenvalue weighted by molar-refractivity contribution is 5.80. The third-order valence-electron chi connectivity index (χ3n) is 4.56. The number of nitrogens with one attached hydrogen (secondary N) is 1. The van der Waals surface area contributed by atoms with E-state index in [1.54, 1.807) is 13.8 Å². The van der Waals surface area contributed by atoms with E-state index in [2.05, 4.69) is 11.4 Å². The molecule has 0 bridgehead atoms. The van der Waals surface area contributed by atoms with Gasteiger partial charge >= 0.3 is 5.97 Å². The number of aliphatic carboxylic acids is 1. The lowest BCUT2D eigenvalue weighted by Crippen LogP contribution is -2.55. The summed E-state index contributed by atoms with van der Waals surface area (Å²) >= 11 is 0. The molecule has 118 valence electrons. The minimum absolute atomic E-state index is 0.241. The van der Waals surface area contributed by atoms with E-state index in [1.165, 1.54) is 5.57 Å². The molecule has 5 heteroatoms. The zero-order valence-electron chi connectivity index (χ0n) is 13.0. The van der Waals surface area contributed by atoms with Crippen LogP contribution in [0.4, 0.5) is 0 Å². The second-order valence-electron chi connectivity index (χ2n) is 6.77. The molecule has 2 rings (SSSR count). The van der Waals surface area contributed by atoms with E-state index in [0.717, 1.165) is 38.9 Å². The van der Waals surface area contributed by atoms with Gasteiger partial charge in [-0.05, 0) is 39.5 Å². The quantitative estimate of drug-likeness (QED) is 0.599. The third kappa shape index (κ3) is 4.06. The summed E-state index contributed by atoms with van der Waals surface area (Å²) in [5, 5.41) is 12.4. The number of piperidine rings is 1. The molecule has 0 aliphatic carbocycles. The van der Waals surface area contributed by atoms with Crippen molar-refractivity contribution < 1.29 is 14.7 Å². The van der Waals surface area contributed by atoms with Gasteiger partial charge in [-0.3, -0.25) is 9.59 Å². The molecule has 2 saturated heterocycles. The predicted molar refractivity (Wildman–Crippen MR) is 81.0 cm³/mol. The van der Waals surface area contributed by atoms with Crippen molar-refractivity contribution in [3.63, 3.8) is 0 Å². The van der Waals surface area contributed by atoms with Crippen molar-refractivity contribution in [1.82, 2.24) is 10.2 Å². The van der Waals surface area contributed by atoms with E-state index >= 15 is 0 Å². The van der Waals surface area contributed by atoms with E-state index in [-0.39, 0.29) is 5.91 Å². The maximum Gasteiger partial charge on any atom is 0.309 e. The molecule has 0 radical (unpaired) electrons. The first-order valence-electron chi connectivity index (χ1n) is 7.81. The Labute approximate surface area is 126 Å². The summed E-state index contributed by atoms with van der Waals surface area (Å²) in [7, 11) is 0. The Morgan fingerprint density at radius 1 is 1.52 bits per heavy atom. The Hall–Kier alpha value is -1.36. The zero-order chi connectivity index (χ0) is 15.5. The van der Waals surface area contributed by atoms with Crippen LogP contribution in [0.1, 0.15) is 46.0 Å². The lowest BCUT2D eigenvalue weighted by atomic mass is 9.87. The summed E-state index contributed by atoms with van der Waals surface area (Å²) < 4.78 is 0. The highest BCUT2D eigenvalue weighted by Gasteiger charge is 2.32. The normalized spacial score (nSPS) is 25.0. The van der Waals surface area contributed by atoms with Gasteiger partial charge in [0, 0.05) is 32.1 Å². The molecular weight excluding hydrogens is 268 g/mol. The number of hydrogen-bond donors (Lipinski definition) is 2. The van der Waals surface area contributed by atoms with Gasteiger partial charge in [-0.2, -0.15) is 0 Å². The topological polar surface area (TPSA) is 69.6 Å². The molecule has 0 spiro atoms. The van der Waals surface area contributed by atoms with Gasteiger partial charge in [-0.25, -0.2) is 0 Å². The number of fused-ring (bicyclic) bond motifs is 1. The molecule has 1 atom stereocenters. The number of carbonyl (C=O) groups is 2. The Balaban J connectivity index is 1.82. The van der Waals surface area contributed by atoms with Crippen LogP contribution in [0.15, 0.2) is 11.6 Å². The van der Waals surface area contributed by atoms with Crippen LogP contribution in [0.5, 0.6) is 0 Å². The van der Waals surface area contributed by atoms with Crippen molar-refractivity contribution in [2.75, 3.05) is 19.6 Å².